The van der Waals surface area contributed by atoms with Gasteiger partial charge in [-0.3, -0.25) is 0 Å². The van der Waals surface area contributed by atoms with E-state index in [2.05, 4.69) is 15.9 Å². The Hall–Kier alpha value is -1.32. The Bertz CT molecular complexity index is 564. The highest BCUT2D eigenvalue weighted by Gasteiger charge is 2.12. The van der Waals surface area contributed by atoms with Gasteiger partial charge in [-0.05, 0) is 54.7 Å². The summed E-state index contributed by atoms with van der Waals surface area (Å²) in [7, 11) is 1.66. The van der Waals surface area contributed by atoms with Crippen LogP contribution in [0.4, 0.5) is 0 Å². The largest absolute Gasteiger partial charge is 0.497 e. The summed E-state index contributed by atoms with van der Waals surface area (Å²) in [4.78, 5) is 0. The minimum atomic E-state index is -0.436. The molecule has 0 fully saturated rings. The fourth-order valence-electron chi connectivity index (χ4n) is 2.24. The van der Waals surface area contributed by atoms with Gasteiger partial charge in [0.1, 0.15) is 5.75 Å². The highest BCUT2D eigenvalue weighted by Crippen LogP contribution is 2.27. The van der Waals surface area contributed by atoms with E-state index in [1.807, 2.05) is 49.4 Å². The van der Waals surface area contributed by atoms with E-state index in [4.69, 9.17) is 4.74 Å². The molecule has 2 aromatic rings. The first-order valence-electron chi connectivity index (χ1n) is 6.68. The third-order valence-electron chi connectivity index (χ3n) is 3.53. The van der Waals surface area contributed by atoms with Gasteiger partial charge in [0.25, 0.3) is 0 Å². The van der Waals surface area contributed by atoms with Crippen LogP contribution in [0.2, 0.25) is 0 Å². The summed E-state index contributed by atoms with van der Waals surface area (Å²) in [5.41, 5.74) is 3.31. The van der Waals surface area contributed by atoms with Crippen LogP contribution in [0.1, 0.15) is 29.2 Å². The third-order valence-corrected chi connectivity index (χ3v) is 4.39. The average Bonchev–Trinajstić information content (AvgIpc) is 2.48. The highest BCUT2D eigenvalue weighted by molar-refractivity contribution is 9.10. The summed E-state index contributed by atoms with van der Waals surface area (Å²) in [5, 5.41) is 10.3. The number of benzene rings is 2. The normalized spacial score (nSPS) is 12.2. The van der Waals surface area contributed by atoms with Gasteiger partial charge in [-0.2, -0.15) is 0 Å². The lowest BCUT2D eigenvalue weighted by molar-refractivity contribution is 0.167. The monoisotopic (exact) mass is 334 g/mol. The maximum atomic E-state index is 10.3. The lowest BCUT2D eigenvalue weighted by Gasteiger charge is -2.15. The van der Waals surface area contributed by atoms with E-state index in [0.717, 1.165) is 27.8 Å². The van der Waals surface area contributed by atoms with Crippen molar-refractivity contribution in [1.29, 1.82) is 0 Å². The number of hydrogen-bond acceptors (Lipinski definition) is 2. The summed E-state index contributed by atoms with van der Waals surface area (Å²) in [6.07, 6.45) is 1.12. The fraction of sp³-hybridized carbons (Fsp3) is 0.294. The number of halogens is 1. The van der Waals surface area contributed by atoms with Crippen molar-refractivity contribution in [3.05, 3.63) is 63.6 Å². The van der Waals surface area contributed by atoms with Crippen LogP contribution in [0, 0.1) is 6.92 Å². The Morgan fingerprint density at radius 1 is 1.15 bits per heavy atom. The molecule has 1 N–H and O–H groups in total. The van der Waals surface area contributed by atoms with E-state index in [1.54, 1.807) is 7.11 Å². The van der Waals surface area contributed by atoms with Crippen molar-refractivity contribution in [2.45, 2.75) is 25.9 Å². The van der Waals surface area contributed by atoms with Crippen LogP contribution in [0.5, 0.6) is 5.75 Å². The number of aliphatic hydroxyl groups is 1. The zero-order valence-electron chi connectivity index (χ0n) is 11.8. The van der Waals surface area contributed by atoms with E-state index < -0.39 is 6.10 Å². The summed E-state index contributed by atoms with van der Waals surface area (Å²) in [5.74, 6) is 0.858. The molecule has 0 bridgehead atoms. The van der Waals surface area contributed by atoms with Crippen LogP contribution < -0.4 is 4.74 Å². The minimum absolute atomic E-state index is 0.436. The minimum Gasteiger partial charge on any atom is -0.497 e. The number of methoxy groups -OCH3 is 1. The summed E-state index contributed by atoms with van der Waals surface area (Å²) in [6.45, 7) is 2.02. The lowest BCUT2D eigenvalue weighted by Crippen LogP contribution is -2.02. The van der Waals surface area contributed by atoms with Crippen LogP contribution in [0.25, 0.3) is 0 Å². The molecule has 0 spiro atoms. The zero-order chi connectivity index (χ0) is 14.5. The van der Waals surface area contributed by atoms with Gasteiger partial charge in [-0.25, -0.2) is 0 Å². The van der Waals surface area contributed by atoms with Crippen molar-refractivity contribution >= 4 is 15.9 Å². The first-order chi connectivity index (χ1) is 9.61. The van der Waals surface area contributed by atoms with E-state index in [0.29, 0.717) is 6.42 Å². The standard InChI is InChI=1S/C17H19BrO2/c1-12-15(4-3-5-16(12)18)17(19)11-8-13-6-9-14(20-2)10-7-13/h3-7,9-10,17,19H,8,11H2,1-2H3. The maximum absolute atomic E-state index is 10.3. The van der Waals surface area contributed by atoms with E-state index in [9.17, 15) is 5.11 Å². The van der Waals surface area contributed by atoms with Crippen LogP contribution >= 0.6 is 15.9 Å². The van der Waals surface area contributed by atoms with Gasteiger partial charge in [-0.15, -0.1) is 0 Å². The van der Waals surface area contributed by atoms with Gasteiger partial charge in [0.2, 0.25) is 0 Å². The molecule has 0 heterocycles. The SMILES string of the molecule is COc1ccc(CCC(O)c2cccc(Br)c2C)cc1. The molecule has 20 heavy (non-hydrogen) atoms. The van der Waals surface area contributed by atoms with Crippen LogP contribution in [-0.4, -0.2) is 12.2 Å². The Balaban J connectivity index is 2.00. The van der Waals surface area contributed by atoms with Crippen molar-refractivity contribution in [2.75, 3.05) is 7.11 Å². The number of hydrogen-bond donors (Lipinski definition) is 1. The Morgan fingerprint density at radius 2 is 1.85 bits per heavy atom. The Morgan fingerprint density at radius 3 is 2.50 bits per heavy atom. The molecule has 0 amide bonds. The van der Waals surface area contributed by atoms with Gasteiger partial charge in [0, 0.05) is 4.47 Å². The molecule has 2 nitrogen and oxygen atoms in total. The molecular formula is C17H19BrO2. The van der Waals surface area contributed by atoms with E-state index >= 15 is 0 Å². The first-order valence-corrected chi connectivity index (χ1v) is 7.47. The smallest absolute Gasteiger partial charge is 0.118 e. The second kappa shape index (κ2) is 6.91. The van der Waals surface area contributed by atoms with Gasteiger partial charge >= 0.3 is 0 Å². The summed E-state index contributed by atoms with van der Waals surface area (Å²) < 4.78 is 6.18. The van der Waals surface area contributed by atoms with Gasteiger partial charge in [0.05, 0.1) is 13.2 Å². The second-order valence-electron chi connectivity index (χ2n) is 4.86. The molecule has 2 rings (SSSR count). The number of aryl methyl sites for hydroxylation is 1. The third kappa shape index (κ3) is 3.62. The molecule has 0 saturated heterocycles. The first kappa shape index (κ1) is 15.1. The second-order valence-corrected chi connectivity index (χ2v) is 5.71. The molecular weight excluding hydrogens is 316 g/mol. The van der Waals surface area contributed by atoms with E-state index in [-0.39, 0.29) is 0 Å². The Kier molecular flexibility index (Phi) is 5.21. The van der Waals surface area contributed by atoms with Crippen molar-refractivity contribution in [3.8, 4) is 5.75 Å². The Labute approximate surface area is 128 Å². The predicted molar refractivity (Wildman–Crippen MR) is 85.2 cm³/mol. The van der Waals surface area contributed by atoms with E-state index in [1.165, 1.54) is 5.56 Å². The van der Waals surface area contributed by atoms with Crippen molar-refractivity contribution in [1.82, 2.24) is 0 Å². The summed E-state index contributed by atoms with van der Waals surface area (Å²) >= 11 is 3.50. The molecule has 0 aliphatic heterocycles. The summed E-state index contributed by atoms with van der Waals surface area (Å²) in [6, 6.07) is 13.9. The molecule has 0 aliphatic rings. The molecule has 3 heteroatoms. The molecule has 106 valence electrons. The average molecular weight is 335 g/mol. The fourth-order valence-corrected chi connectivity index (χ4v) is 2.62. The topological polar surface area (TPSA) is 29.5 Å². The number of ether oxygens (including phenoxy) is 1. The quantitative estimate of drug-likeness (QED) is 0.876. The molecule has 2 aromatic carbocycles. The van der Waals surface area contributed by atoms with Crippen LogP contribution in [0.15, 0.2) is 46.9 Å². The van der Waals surface area contributed by atoms with Crippen LogP contribution in [0.3, 0.4) is 0 Å². The predicted octanol–water partition coefficient (Wildman–Crippen LogP) is 4.43. The van der Waals surface area contributed by atoms with Gasteiger partial charge in [0.15, 0.2) is 0 Å². The molecule has 0 radical (unpaired) electrons. The molecule has 0 aromatic heterocycles. The van der Waals surface area contributed by atoms with Crippen molar-refractivity contribution < 1.29 is 9.84 Å². The molecule has 0 saturated carbocycles. The molecule has 0 aliphatic carbocycles. The van der Waals surface area contributed by atoms with Crippen molar-refractivity contribution in [2.24, 2.45) is 0 Å². The zero-order valence-corrected chi connectivity index (χ0v) is 13.4. The maximum Gasteiger partial charge on any atom is 0.118 e. The van der Waals surface area contributed by atoms with Crippen LogP contribution in [-0.2, 0) is 6.42 Å². The van der Waals surface area contributed by atoms with Gasteiger partial charge in [-0.1, -0.05) is 40.2 Å². The number of rotatable bonds is 5. The van der Waals surface area contributed by atoms with Crippen molar-refractivity contribution in [3.63, 3.8) is 0 Å². The highest BCUT2D eigenvalue weighted by atomic mass is 79.9. The molecule has 1 atom stereocenters. The van der Waals surface area contributed by atoms with Gasteiger partial charge < -0.3 is 9.84 Å². The number of aliphatic hydroxyl groups excluding tert-OH is 1. The lowest BCUT2D eigenvalue weighted by atomic mass is 9.98. The molecule has 1 unspecified atom stereocenters.